The molecule has 2 atom stereocenters. The van der Waals surface area contributed by atoms with Crippen molar-refractivity contribution in [1.29, 1.82) is 0 Å². The third-order valence-electron chi connectivity index (χ3n) is 4.74. The lowest BCUT2D eigenvalue weighted by Crippen LogP contribution is -2.27. The molecule has 0 bridgehead atoms. The van der Waals surface area contributed by atoms with Crippen molar-refractivity contribution in [3.8, 4) is 5.75 Å². The van der Waals surface area contributed by atoms with Gasteiger partial charge in [0.15, 0.2) is 0 Å². The van der Waals surface area contributed by atoms with Crippen LogP contribution in [0.25, 0.3) is 0 Å². The first-order chi connectivity index (χ1) is 11.7. The number of fused-ring (bicyclic) bond motifs is 1. The van der Waals surface area contributed by atoms with Crippen molar-refractivity contribution in [2.45, 2.75) is 45.1 Å². The Hall–Kier alpha value is -2.29. The molecule has 2 aromatic rings. The topological polar surface area (TPSA) is 38.3 Å². The van der Waals surface area contributed by atoms with E-state index in [2.05, 4.69) is 29.6 Å². The van der Waals surface area contributed by atoms with Crippen molar-refractivity contribution >= 4 is 5.91 Å². The summed E-state index contributed by atoms with van der Waals surface area (Å²) in [4.78, 5) is 12.5. The van der Waals surface area contributed by atoms with Gasteiger partial charge in [-0.25, -0.2) is 0 Å². The van der Waals surface area contributed by atoms with Crippen LogP contribution in [0.3, 0.4) is 0 Å². The molecule has 1 aliphatic carbocycles. The number of carbonyl (C=O) groups excluding carboxylic acids is 1. The van der Waals surface area contributed by atoms with Gasteiger partial charge in [-0.1, -0.05) is 36.4 Å². The molecule has 1 N–H and O–H groups in total. The Morgan fingerprint density at radius 3 is 2.92 bits per heavy atom. The monoisotopic (exact) mass is 323 g/mol. The summed E-state index contributed by atoms with van der Waals surface area (Å²) in [6.45, 7) is 4.63. The second-order valence-electron chi connectivity index (χ2n) is 6.43. The maximum atomic E-state index is 12.5. The lowest BCUT2D eigenvalue weighted by Gasteiger charge is -2.17. The van der Waals surface area contributed by atoms with E-state index in [1.165, 1.54) is 11.1 Å². The molecule has 3 nitrogen and oxygen atoms in total. The molecule has 24 heavy (non-hydrogen) atoms. The number of benzene rings is 2. The SMILES string of the molecule is CCOc1cccc(C(C)NC(=O)CC2CCc3ccccc32)c1. The highest BCUT2D eigenvalue weighted by atomic mass is 16.5. The molecule has 0 spiro atoms. The van der Waals surface area contributed by atoms with Crippen LogP contribution in [0, 0.1) is 0 Å². The highest BCUT2D eigenvalue weighted by Crippen LogP contribution is 2.35. The van der Waals surface area contributed by atoms with Crippen LogP contribution in [-0.4, -0.2) is 12.5 Å². The molecule has 126 valence electrons. The van der Waals surface area contributed by atoms with Gasteiger partial charge in [-0.05, 0) is 61.4 Å². The number of carbonyl (C=O) groups is 1. The number of aryl methyl sites for hydroxylation is 1. The molecule has 0 fully saturated rings. The molecule has 1 aliphatic rings. The van der Waals surface area contributed by atoms with Crippen LogP contribution >= 0.6 is 0 Å². The second kappa shape index (κ2) is 7.52. The molecule has 0 heterocycles. The second-order valence-corrected chi connectivity index (χ2v) is 6.43. The Morgan fingerprint density at radius 2 is 2.08 bits per heavy atom. The van der Waals surface area contributed by atoms with E-state index < -0.39 is 0 Å². The fourth-order valence-corrected chi connectivity index (χ4v) is 3.51. The average Bonchev–Trinajstić information content (AvgIpc) is 2.98. The number of nitrogens with one attached hydrogen (secondary N) is 1. The molecule has 0 aliphatic heterocycles. The molecule has 0 aromatic heterocycles. The number of ether oxygens (including phenoxy) is 1. The minimum Gasteiger partial charge on any atom is -0.494 e. The number of hydrogen-bond donors (Lipinski definition) is 1. The molecule has 0 saturated heterocycles. The Labute approximate surface area is 144 Å². The highest BCUT2D eigenvalue weighted by molar-refractivity contribution is 5.77. The van der Waals surface area contributed by atoms with E-state index >= 15 is 0 Å². The van der Waals surface area contributed by atoms with Crippen LogP contribution in [0.2, 0.25) is 0 Å². The highest BCUT2D eigenvalue weighted by Gasteiger charge is 2.24. The van der Waals surface area contributed by atoms with E-state index in [-0.39, 0.29) is 11.9 Å². The van der Waals surface area contributed by atoms with Crippen LogP contribution < -0.4 is 10.1 Å². The molecular formula is C21H25NO2. The number of rotatable bonds is 6. The van der Waals surface area contributed by atoms with E-state index in [9.17, 15) is 4.79 Å². The van der Waals surface area contributed by atoms with Gasteiger partial charge in [0.25, 0.3) is 0 Å². The van der Waals surface area contributed by atoms with Gasteiger partial charge in [-0.3, -0.25) is 4.79 Å². The van der Waals surface area contributed by atoms with Crippen molar-refractivity contribution in [2.75, 3.05) is 6.61 Å². The maximum Gasteiger partial charge on any atom is 0.221 e. The third kappa shape index (κ3) is 3.78. The van der Waals surface area contributed by atoms with Gasteiger partial charge in [0.2, 0.25) is 5.91 Å². The quantitative estimate of drug-likeness (QED) is 0.856. The Bertz CT molecular complexity index is 710. The predicted octanol–water partition coefficient (Wildman–Crippen LogP) is 4.38. The fraction of sp³-hybridized carbons (Fsp3) is 0.381. The third-order valence-corrected chi connectivity index (χ3v) is 4.74. The Balaban J connectivity index is 1.60. The summed E-state index contributed by atoms with van der Waals surface area (Å²) in [5, 5.41) is 3.13. The van der Waals surface area contributed by atoms with E-state index in [1.807, 2.05) is 38.1 Å². The van der Waals surface area contributed by atoms with Crippen molar-refractivity contribution in [3.05, 3.63) is 65.2 Å². The van der Waals surface area contributed by atoms with Gasteiger partial charge < -0.3 is 10.1 Å². The van der Waals surface area contributed by atoms with Crippen LogP contribution in [0.5, 0.6) is 5.75 Å². The molecule has 2 unspecified atom stereocenters. The van der Waals surface area contributed by atoms with E-state index in [4.69, 9.17) is 4.74 Å². The fourth-order valence-electron chi connectivity index (χ4n) is 3.51. The lowest BCUT2D eigenvalue weighted by atomic mass is 9.97. The predicted molar refractivity (Wildman–Crippen MR) is 96.3 cm³/mol. The van der Waals surface area contributed by atoms with E-state index in [1.54, 1.807) is 0 Å². The molecule has 1 amide bonds. The number of hydrogen-bond acceptors (Lipinski definition) is 2. The molecule has 0 radical (unpaired) electrons. The molecule has 2 aromatic carbocycles. The zero-order valence-corrected chi connectivity index (χ0v) is 14.4. The summed E-state index contributed by atoms with van der Waals surface area (Å²) in [5.41, 5.74) is 3.81. The van der Waals surface area contributed by atoms with Gasteiger partial charge in [-0.15, -0.1) is 0 Å². The van der Waals surface area contributed by atoms with Gasteiger partial charge in [0, 0.05) is 6.42 Å². The lowest BCUT2D eigenvalue weighted by molar-refractivity contribution is -0.122. The summed E-state index contributed by atoms with van der Waals surface area (Å²) in [5.74, 6) is 1.31. The van der Waals surface area contributed by atoms with Gasteiger partial charge >= 0.3 is 0 Å². The van der Waals surface area contributed by atoms with Crippen molar-refractivity contribution in [2.24, 2.45) is 0 Å². The summed E-state index contributed by atoms with van der Waals surface area (Å²) in [6, 6.07) is 16.4. The first-order valence-corrected chi connectivity index (χ1v) is 8.77. The zero-order chi connectivity index (χ0) is 16.9. The molecule has 3 heteroatoms. The van der Waals surface area contributed by atoms with E-state index in [0.29, 0.717) is 18.9 Å². The van der Waals surface area contributed by atoms with Crippen molar-refractivity contribution in [3.63, 3.8) is 0 Å². The Morgan fingerprint density at radius 1 is 1.25 bits per heavy atom. The van der Waals surface area contributed by atoms with Crippen LogP contribution in [-0.2, 0) is 11.2 Å². The molecular weight excluding hydrogens is 298 g/mol. The minimum absolute atomic E-state index is 0.0189. The smallest absolute Gasteiger partial charge is 0.221 e. The van der Waals surface area contributed by atoms with Crippen molar-refractivity contribution in [1.82, 2.24) is 5.32 Å². The van der Waals surface area contributed by atoms with Crippen molar-refractivity contribution < 1.29 is 9.53 Å². The van der Waals surface area contributed by atoms with Crippen LogP contribution in [0.15, 0.2) is 48.5 Å². The largest absolute Gasteiger partial charge is 0.494 e. The normalized spacial score (nSPS) is 17.2. The first-order valence-electron chi connectivity index (χ1n) is 8.77. The summed E-state index contributed by atoms with van der Waals surface area (Å²) in [6.07, 6.45) is 2.72. The summed E-state index contributed by atoms with van der Waals surface area (Å²) < 4.78 is 5.54. The molecule has 0 saturated carbocycles. The summed E-state index contributed by atoms with van der Waals surface area (Å²) in [7, 11) is 0. The maximum absolute atomic E-state index is 12.5. The van der Waals surface area contributed by atoms with Crippen LogP contribution in [0.4, 0.5) is 0 Å². The minimum atomic E-state index is -0.0189. The number of amides is 1. The van der Waals surface area contributed by atoms with Gasteiger partial charge in [0.1, 0.15) is 5.75 Å². The summed E-state index contributed by atoms with van der Waals surface area (Å²) >= 11 is 0. The van der Waals surface area contributed by atoms with Gasteiger partial charge in [0.05, 0.1) is 12.6 Å². The zero-order valence-electron chi connectivity index (χ0n) is 14.4. The molecule has 3 rings (SSSR count). The van der Waals surface area contributed by atoms with Crippen LogP contribution in [0.1, 0.15) is 55.3 Å². The van der Waals surface area contributed by atoms with E-state index in [0.717, 1.165) is 24.2 Å². The Kier molecular flexibility index (Phi) is 5.19. The average molecular weight is 323 g/mol. The van der Waals surface area contributed by atoms with Gasteiger partial charge in [-0.2, -0.15) is 0 Å². The standard InChI is InChI=1S/C21H25NO2/c1-3-24-19-9-6-8-17(13-19)15(2)22-21(23)14-18-12-11-16-7-4-5-10-20(16)18/h4-10,13,15,18H,3,11-12,14H2,1-2H3,(H,22,23). The first kappa shape index (κ1) is 16.6.